The zero-order chi connectivity index (χ0) is 22.9. The highest BCUT2D eigenvalue weighted by Crippen LogP contribution is 2.36. The van der Waals surface area contributed by atoms with E-state index in [2.05, 4.69) is 15.6 Å². The number of rotatable bonds is 6. The lowest BCUT2D eigenvalue weighted by Gasteiger charge is -2.13. The van der Waals surface area contributed by atoms with Gasteiger partial charge in [-0.15, -0.1) is 11.3 Å². The van der Waals surface area contributed by atoms with E-state index in [1.54, 1.807) is 19.2 Å². The first-order chi connectivity index (χ1) is 16.0. The Hall–Kier alpha value is -2.90. The summed E-state index contributed by atoms with van der Waals surface area (Å²) in [5, 5.41) is 1.39. The second kappa shape index (κ2) is 9.15. The fourth-order valence-corrected chi connectivity index (χ4v) is 5.44. The Morgan fingerprint density at radius 3 is 2.91 bits per heavy atom. The molecule has 0 N–H and O–H groups in total. The van der Waals surface area contributed by atoms with Crippen LogP contribution >= 0.6 is 22.9 Å². The Balaban J connectivity index is 1.26. The zero-order valence-electron chi connectivity index (χ0n) is 18.6. The van der Waals surface area contributed by atoms with Gasteiger partial charge >= 0.3 is 5.97 Å². The SMILES string of the molecule is COc1cc(Cl)ccc1-c1nc(C)c(CC(=O)OCc2ccc3c(c2)nc2n3CCCC2)s1. The fourth-order valence-electron chi connectivity index (χ4n) is 4.20. The van der Waals surface area contributed by atoms with Gasteiger partial charge in [0.15, 0.2) is 0 Å². The quantitative estimate of drug-likeness (QED) is 0.328. The number of nitrogens with zero attached hydrogens (tertiary/aromatic N) is 3. The predicted molar refractivity (Wildman–Crippen MR) is 130 cm³/mol. The van der Waals surface area contributed by atoms with Crippen molar-refractivity contribution in [3.63, 3.8) is 0 Å². The lowest BCUT2D eigenvalue weighted by molar-refractivity contribution is -0.144. The number of hydrogen-bond donors (Lipinski definition) is 0. The molecule has 0 spiro atoms. The first-order valence-corrected chi connectivity index (χ1v) is 12.1. The molecule has 0 saturated carbocycles. The maximum absolute atomic E-state index is 12.6. The predicted octanol–water partition coefficient (Wildman–Crippen LogP) is 5.75. The van der Waals surface area contributed by atoms with E-state index < -0.39 is 0 Å². The Bertz CT molecular complexity index is 1340. The van der Waals surface area contributed by atoms with Crippen molar-refractivity contribution in [2.24, 2.45) is 0 Å². The van der Waals surface area contributed by atoms with Crippen LogP contribution in [0.25, 0.3) is 21.6 Å². The molecule has 2 aromatic heterocycles. The molecule has 1 aliphatic heterocycles. The number of thiazole rings is 1. The molecule has 1 aliphatic rings. The molecule has 0 aliphatic carbocycles. The lowest BCUT2D eigenvalue weighted by atomic mass is 10.1. The van der Waals surface area contributed by atoms with E-state index in [-0.39, 0.29) is 19.0 Å². The average Bonchev–Trinajstić information content (AvgIpc) is 3.37. The summed E-state index contributed by atoms with van der Waals surface area (Å²) in [6, 6.07) is 11.6. The molecule has 33 heavy (non-hydrogen) atoms. The smallest absolute Gasteiger partial charge is 0.311 e. The number of halogens is 1. The standard InChI is InChI=1S/C25H24ClN3O3S/c1-15-22(33-25(27-15)18-8-7-17(26)12-21(18)31-2)13-24(30)32-14-16-6-9-20-19(11-16)28-23-5-3-4-10-29(20)23/h6-9,11-12H,3-5,10,13-14H2,1-2H3. The summed E-state index contributed by atoms with van der Waals surface area (Å²) in [5.41, 5.74) is 4.74. The summed E-state index contributed by atoms with van der Waals surface area (Å²) < 4.78 is 13.3. The number of ether oxygens (including phenoxy) is 2. The van der Waals surface area contributed by atoms with Crippen LogP contribution < -0.4 is 4.74 Å². The fraction of sp³-hybridized carbons (Fsp3) is 0.320. The number of benzene rings is 2. The van der Waals surface area contributed by atoms with E-state index in [9.17, 15) is 4.79 Å². The van der Waals surface area contributed by atoms with Gasteiger partial charge in [-0.3, -0.25) is 4.79 Å². The van der Waals surface area contributed by atoms with Crippen molar-refractivity contribution in [1.29, 1.82) is 0 Å². The van der Waals surface area contributed by atoms with Gasteiger partial charge in [-0.1, -0.05) is 17.7 Å². The number of imidazole rings is 1. The van der Waals surface area contributed by atoms with E-state index in [0.29, 0.717) is 10.8 Å². The van der Waals surface area contributed by atoms with Crippen molar-refractivity contribution in [3.05, 3.63) is 63.4 Å². The van der Waals surface area contributed by atoms with Gasteiger partial charge in [0.05, 0.1) is 35.8 Å². The van der Waals surface area contributed by atoms with Crippen molar-refractivity contribution >= 4 is 39.9 Å². The average molecular weight is 482 g/mol. The molecule has 0 saturated heterocycles. The third kappa shape index (κ3) is 4.48. The Morgan fingerprint density at radius 1 is 1.18 bits per heavy atom. The highest BCUT2D eigenvalue weighted by Gasteiger charge is 2.18. The van der Waals surface area contributed by atoms with E-state index in [1.165, 1.54) is 24.2 Å². The number of aromatic nitrogens is 3. The molecular weight excluding hydrogens is 458 g/mol. The molecule has 5 rings (SSSR count). The minimum Gasteiger partial charge on any atom is -0.496 e. The number of esters is 1. The number of carbonyl (C=O) groups is 1. The van der Waals surface area contributed by atoms with Crippen LogP contribution in [0.1, 0.15) is 34.8 Å². The molecule has 8 heteroatoms. The molecule has 0 fully saturated rings. The number of carbonyl (C=O) groups excluding carboxylic acids is 1. The van der Waals surface area contributed by atoms with Crippen molar-refractivity contribution in [2.75, 3.05) is 7.11 Å². The van der Waals surface area contributed by atoms with Crippen molar-refractivity contribution < 1.29 is 14.3 Å². The summed E-state index contributed by atoms with van der Waals surface area (Å²) >= 11 is 7.54. The van der Waals surface area contributed by atoms with E-state index >= 15 is 0 Å². The topological polar surface area (TPSA) is 66.2 Å². The largest absolute Gasteiger partial charge is 0.496 e. The first-order valence-electron chi connectivity index (χ1n) is 11.0. The first kappa shape index (κ1) is 21.9. The summed E-state index contributed by atoms with van der Waals surface area (Å²) in [6.07, 6.45) is 3.59. The maximum atomic E-state index is 12.6. The second-order valence-electron chi connectivity index (χ2n) is 8.17. The minimum atomic E-state index is -0.277. The summed E-state index contributed by atoms with van der Waals surface area (Å²) in [5.74, 6) is 1.53. The van der Waals surface area contributed by atoms with Crippen LogP contribution in [0.4, 0.5) is 0 Å². The molecule has 4 aromatic rings. The lowest BCUT2D eigenvalue weighted by Crippen LogP contribution is -2.10. The Morgan fingerprint density at radius 2 is 2.06 bits per heavy atom. The van der Waals surface area contributed by atoms with Gasteiger partial charge in [-0.2, -0.15) is 0 Å². The van der Waals surface area contributed by atoms with Crippen LogP contribution in [0.3, 0.4) is 0 Å². The molecule has 0 unspecified atom stereocenters. The van der Waals surface area contributed by atoms with Crippen LogP contribution in [0, 0.1) is 6.92 Å². The summed E-state index contributed by atoms with van der Waals surface area (Å²) in [6.45, 7) is 3.16. The third-order valence-electron chi connectivity index (χ3n) is 5.92. The van der Waals surface area contributed by atoms with Crippen LogP contribution in [0.15, 0.2) is 36.4 Å². The molecule has 6 nitrogen and oxygen atoms in total. The second-order valence-corrected chi connectivity index (χ2v) is 9.69. The van der Waals surface area contributed by atoms with Gasteiger partial charge in [0.2, 0.25) is 0 Å². The molecule has 0 radical (unpaired) electrons. The summed E-state index contributed by atoms with van der Waals surface area (Å²) in [4.78, 5) is 22.9. The molecular formula is C25H24ClN3O3S. The Kier molecular flexibility index (Phi) is 6.08. The van der Waals surface area contributed by atoms with Crippen LogP contribution in [0.5, 0.6) is 5.75 Å². The summed E-state index contributed by atoms with van der Waals surface area (Å²) in [7, 11) is 1.60. The van der Waals surface area contributed by atoms with Crippen molar-refractivity contribution in [2.45, 2.75) is 45.8 Å². The molecule has 0 amide bonds. The molecule has 2 aromatic carbocycles. The van der Waals surface area contributed by atoms with Gasteiger partial charge in [0, 0.05) is 22.9 Å². The van der Waals surface area contributed by atoms with Gasteiger partial charge in [0.25, 0.3) is 0 Å². The molecule has 0 atom stereocenters. The van der Waals surface area contributed by atoms with Crippen molar-refractivity contribution in [1.82, 2.24) is 14.5 Å². The molecule has 170 valence electrons. The van der Waals surface area contributed by atoms with Crippen LogP contribution in [-0.2, 0) is 35.5 Å². The minimum absolute atomic E-state index is 0.181. The maximum Gasteiger partial charge on any atom is 0.311 e. The van der Waals surface area contributed by atoms with Crippen molar-refractivity contribution in [3.8, 4) is 16.3 Å². The highest BCUT2D eigenvalue weighted by atomic mass is 35.5. The Labute approximate surface area is 201 Å². The van der Waals surface area contributed by atoms with E-state index in [4.69, 9.17) is 26.1 Å². The molecule has 3 heterocycles. The van der Waals surface area contributed by atoms with Gasteiger partial charge in [0.1, 0.15) is 23.2 Å². The number of fused-ring (bicyclic) bond motifs is 3. The van der Waals surface area contributed by atoms with Crippen LogP contribution in [0.2, 0.25) is 5.02 Å². The monoisotopic (exact) mass is 481 g/mol. The zero-order valence-corrected chi connectivity index (χ0v) is 20.1. The number of methoxy groups -OCH3 is 1. The van der Waals surface area contributed by atoms with E-state index in [1.807, 2.05) is 25.1 Å². The highest BCUT2D eigenvalue weighted by molar-refractivity contribution is 7.15. The van der Waals surface area contributed by atoms with E-state index in [0.717, 1.165) is 56.5 Å². The number of hydrogen-bond acceptors (Lipinski definition) is 6. The van der Waals surface area contributed by atoms with Gasteiger partial charge < -0.3 is 14.0 Å². The van der Waals surface area contributed by atoms with Crippen LogP contribution in [-0.4, -0.2) is 27.6 Å². The number of aryl methyl sites for hydroxylation is 3. The third-order valence-corrected chi connectivity index (χ3v) is 7.34. The van der Waals surface area contributed by atoms with Gasteiger partial charge in [-0.05, 0) is 55.7 Å². The normalized spacial score (nSPS) is 13.2. The van der Waals surface area contributed by atoms with Gasteiger partial charge in [-0.25, -0.2) is 9.97 Å². The molecule has 0 bridgehead atoms.